The minimum atomic E-state index is -0.0711. The lowest BCUT2D eigenvalue weighted by Crippen LogP contribution is -2.37. The molecule has 1 N–H and O–H groups in total. The largest absolute Gasteiger partial charge is 0.349 e. The Labute approximate surface area is 170 Å². The van der Waals surface area contributed by atoms with Gasteiger partial charge in [0.2, 0.25) is 0 Å². The first-order valence-electron chi connectivity index (χ1n) is 8.89. The average Bonchev–Trinajstić information content (AvgIpc) is 2.69. The van der Waals surface area contributed by atoms with Crippen molar-refractivity contribution in [1.82, 2.24) is 5.32 Å². The first kappa shape index (κ1) is 19.5. The van der Waals surface area contributed by atoms with Gasteiger partial charge in [-0.3, -0.25) is 4.79 Å². The number of halogens is 2. The molecular weight excluding hydrogens is 377 g/mol. The van der Waals surface area contributed by atoms with Gasteiger partial charge in [0.1, 0.15) is 0 Å². The normalized spacial score (nSPS) is 13.0. The van der Waals surface area contributed by atoms with E-state index < -0.39 is 0 Å². The quantitative estimate of drug-likeness (QED) is 0.531. The standard InChI is InChI=1S/C23H21Cl2NO/c1-16(26-23(27)19-5-3-2-4-6-19)22(18-9-13-21(25)14-10-18)15-17-7-11-20(24)12-8-17/h2-14,16,22H,15H2,1H3,(H,26,27)/t16-,22+/m1/s1. The summed E-state index contributed by atoms with van der Waals surface area (Å²) in [7, 11) is 0. The second-order valence-corrected chi connectivity index (χ2v) is 7.49. The molecule has 2 atom stereocenters. The fourth-order valence-corrected chi connectivity index (χ4v) is 3.40. The van der Waals surface area contributed by atoms with Gasteiger partial charge in [-0.15, -0.1) is 0 Å². The lowest BCUT2D eigenvalue weighted by molar-refractivity contribution is 0.0934. The maximum atomic E-state index is 12.6. The van der Waals surface area contributed by atoms with E-state index >= 15 is 0 Å². The summed E-state index contributed by atoms with van der Waals surface area (Å²) in [6.45, 7) is 2.04. The van der Waals surface area contributed by atoms with Crippen LogP contribution < -0.4 is 5.32 Å². The van der Waals surface area contributed by atoms with Crippen LogP contribution in [0.3, 0.4) is 0 Å². The summed E-state index contributed by atoms with van der Waals surface area (Å²) in [4.78, 5) is 12.6. The van der Waals surface area contributed by atoms with Gasteiger partial charge in [0.05, 0.1) is 0 Å². The molecule has 0 aliphatic heterocycles. The van der Waals surface area contributed by atoms with Gasteiger partial charge in [-0.25, -0.2) is 0 Å². The Bertz CT molecular complexity index is 877. The third kappa shape index (κ3) is 5.35. The van der Waals surface area contributed by atoms with Gasteiger partial charge in [-0.2, -0.15) is 0 Å². The summed E-state index contributed by atoms with van der Waals surface area (Å²) >= 11 is 12.1. The first-order valence-corrected chi connectivity index (χ1v) is 9.64. The predicted octanol–water partition coefficient (Wildman–Crippen LogP) is 6.14. The van der Waals surface area contributed by atoms with Gasteiger partial charge in [-0.1, -0.05) is 65.7 Å². The summed E-state index contributed by atoms with van der Waals surface area (Å²) in [5, 5.41) is 4.56. The van der Waals surface area contributed by atoms with Crippen molar-refractivity contribution in [3.8, 4) is 0 Å². The van der Waals surface area contributed by atoms with E-state index in [4.69, 9.17) is 23.2 Å². The Balaban J connectivity index is 1.82. The monoisotopic (exact) mass is 397 g/mol. The van der Waals surface area contributed by atoms with Crippen molar-refractivity contribution >= 4 is 29.1 Å². The van der Waals surface area contributed by atoms with E-state index in [1.807, 2.05) is 85.8 Å². The van der Waals surface area contributed by atoms with Crippen molar-refractivity contribution in [2.75, 3.05) is 0 Å². The second-order valence-electron chi connectivity index (χ2n) is 6.62. The predicted molar refractivity (Wildman–Crippen MR) is 113 cm³/mol. The van der Waals surface area contributed by atoms with E-state index in [2.05, 4.69) is 5.32 Å². The molecule has 1 amide bonds. The highest BCUT2D eigenvalue weighted by Gasteiger charge is 2.22. The SMILES string of the molecule is C[C@@H](NC(=O)c1ccccc1)[C@H](Cc1ccc(Cl)cc1)c1ccc(Cl)cc1. The topological polar surface area (TPSA) is 29.1 Å². The van der Waals surface area contributed by atoms with E-state index in [-0.39, 0.29) is 17.9 Å². The molecule has 0 unspecified atom stereocenters. The van der Waals surface area contributed by atoms with Crippen LogP contribution in [-0.2, 0) is 6.42 Å². The lowest BCUT2D eigenvalue weighted by Gasteiger charge is -2.26. The van der Waals surface area contributed by atoms with Gasteiger partial charge in [0.25, 0.3) is 5.91 Å². The van der Waals surface area contributed by atoms with Crippen LogP contribution in [0, 0.1) is 0 Å². The van der Waals surface area contributed by atoms with E-state index in [1.165, 1.54) is 5.56 Å². The average molecular weight is 398 g/mol. The number of benzene rings is 3. The molecule has 2 nitrogen and oxygen atoms in total. The molecule has 0 fully saturated rings. The van der Waals surface area contributed by atoms with Crippen molar-refractivity contribution in [2.24, 2.45) is 0 Å². The zero-order chi connectivity index (χ0) is 19.2. The number of carbonyl (C=O) groups is 1. The number of amides is 1. The van der Waals surface area contributed by atoms with Crippen LogP contribution in [0.5, 0.6) is 0 Å². The first-order chi connectivity index (χ1) is 13.0. The fraction of sp³-hybridized carbons (Fsp3) is 0.174. The minimum absolute atomic E-state index is 0.0606. The van der Waals surface area contributed by atoms with Gasteiger partial charge in [-0.05, 0) is 60.9 Å². The Morgan fingerprint density at radius 3 is 2.00 bits per heavy atom. The molecule has 0 spiro atoms. The van der Waals surface area contributed by atoms with E-state index in [1.54, 1.807) is 0 Å². The number of carbonyl (C=O) groups excluding carboxylic acids is 1. The summed E-state index contributed by atoms with van der Waals surface area (Å²) < 4.78 is 0. The Kier molecular flexibility index (Phi) is 6.54. The lowest BCUT2D eigenvalue weighted by atomic mass is 9.86. The Morgan fingerprint density at radius 2 is 1.41 bits per heavy atom. The number of rotatable bonds is 6. The van der Waals surface area contributed by atoms with E-state index in [0.717, 1.165) is 12.0 Å². The second kappa shape index (κ2) is 9.07. The third-order valence-electron chi connectivity index (χ3n) is 4.67. The minimum Gasteiger partial charge on any atom is -0.349 e. The van der Waals surface area contributed by atoms with E-state index in [9.17, 15) is 4.79 Å². The molecule has 0 heterocycles. The highest BCUT2D eigenvalue weighted by Crippen LogP contribution is 2.27. The van der Waals surface area contributed by atoms with Crippen LogP contribution >= 0.6 is 23.2 Å². The molecular formula is C23H21Cl2NO. The van der Waals surface area contributed by atoms with Crippen molar-refractivity contribution in [3.05, 3.63) is 106 Å². The molecule has 3 aromatic carbocycles. The highest BCUT2D eigenvalue weighted by atomic mass is 35.5. The summed E-state index contributed by atoms with van der Waals surface area (Å²) in [6, 6.07) is 24.9. The number of nitrogens with one attached hydrogen (secondary N) is 1. The molecule has 3 rings (SSSR count). The maximum absolute atomic E-state index is 12.6. The molecule has 0 saturated carbocycles. The van der Waals surface area contributed by atoms with E-state index in [0.29, 0.717) is 15.6 Å². The summed E-state index contributed by atoms with van der Waals surface area (Å²) in [5.74, 6) is 0.0364. The van der Waals surface area contributed by atoms with Crippen LogP contribution in [0.15, 0.2) is 78.9 Å². The van der Waals surface area contributed by atoms with Crippen molar-refractivity contribution in [2.45, 2.75) is 25.3 Å². The zero-order valence-corrected chi connectivity index (χ0v) is 16.5. The van der Waals surface area contributed by atoms with Gasteiger partial charge >= 0.3 is 0 Å². The van der Waals surface area contributed by atoms with Crippen LogP contribution in [-0.4, -0.2) is 11.9 Å². The number of hydrogen-bond donors (Lipinski definition) is 1. The molecule has 0 aliphatic rings. The number of hydrogen-bond acceptors (Lipinski definition) is 1. The van der Waals surface area contributed by atoms with Gasteiger partial charge < -0.3 is 5.32 Å². The Morgan fingerprint density at radius 1 is 0.852 bits per heavy atom. The van der Waals surface area contributed by atoms with Crippen molar-refractivity contribution in [3.63, 3.8) is 0 Å². The van der Waals surface area contributed by atoms with Crippen LogP contribution in [0.1, 0.15) is 34.3 Å². The molecule has 0 saturated heterocycles. The molecule has 0 aromatic heterocycles. The van der Waals surface area contributed by atoms with Crippen molar-refractivity contribution < 1.29 is 4.79 Å². The molecule has 138 valence electrons. The third-order valence-corrected chi connectivity index (χ3v) is 5.17. The molecule has 3 aromatic rings. The van der Waals surface area contributed by atoms with Gasteiger partial charge in [0.15, 0.2) is 0 Å². The Hall–Kier alpha value is -2.29. The molecule has 0 aliphatic carbocycles. The van der Waals surface area contributed by atoms with Crippen molar-refractivity contribution in [1.29, 1.82) is 0 Å². The maximum Gasteiger partial charge on any atom is 0.251 e. The van der Waals surface area contributed by atoms with Gasteiger partial charge in [0, 0.05) is 27.6 Å². The van der Waals surface area contributed by atoms with Crippen LogP contribution in [0.4, 0.5) is 0 Å². The molecule has 4 heteroatoms. The highest BCUT2D eigenvalue weighted by molar-refractivity contribution is 6.30. The van der Waals surface area contributed by atoms with Crippen LogP contribution in [0.2, 0.25) is 10.0 Å². The summed E-state index contributed by atoms with van der Waals surface area (Å²) in [5.41, 5.74) is 2.96. The zero-order valence-electron chi connectivity index (χ0n) is 15.0. The summed E-state index contributed by atoms with van der Waals surface area (Å²) in [6.07, 6.45) is 0.787. The molecule has 0 radical (unpaired) electrons. The fourth-order valence-electron chi connectivity index (χ4n) is 3.15. The molecule has 27 heavy (non-hydrogen) atoms. The van der Waals surface area contributed by atoms with Crippen LogP contribution in [0.25, 0.3) is 0 Å². The smallest absolute Gasteiger partial charge is 0.251 e. The molecule has 0 bridgehead atoms.